The summed E-state index contributed by atoms with van der Waals surface area (Å²) in [4.78, 5) is 28.5. The molecule has 2 aromatic heterocycles. The Bertz CT molecular complexity index is 1550. The van der Waals surface area contributed by atoms with Gasteiger partial charge in [-0.15, -0.1) is 0 Å². The van der Waals surface area contributed by atoms with E-state index in [9.17, 15) is 9.59 Å². The van der Waals surface area contributed by atoms with Crippen LogP contribution in [0.25, 0.3) is 22.6 Å². The van der Waals surface area contributed by atoms with Gasteiger partial charge in [0.25, 0.3) is 0 Å². The van der Waals surface area contributed by atoms with Crippen molar-refractivity contribution in [2.24, 2.45) is 0 Å². The molecule has 7 heteroatoms. The van der Waals surface area contributed by atoms with Gasteiger partial charge in [-0.2, -0.15) is 9.58 Å². The molecule has 7 nitrogen and oxygen atoms in total. The molecule has 2 atom stereocenters. The molecule has 0 bridgehead atoms. The van der Waals surface area contributed by atoms with E-state index in [4.69, 9.17) is 5.10 Å². The van der Waals surface area contributed by atoms with Crippen molar-refractivity contribution in [3.05, 3.63) is 121 Å². The van der Waals surface area contributed by atoms with Gasteiger partial charge in [0.1, 0.15) is 6.04 Å². The second-order valence-electron chi connectivity index (χ2n) is 9.95. The molecule has 0 spiro atoms. The molecule has 1 unspecified atom stereocenters. The first-order chi connectivity index (χ1) is 19.1. The van der Waals surface area contributed by atoms with Crippen LogP contribution in [0.2, 0.25) is 0 Å². The summed E-state index contributed by atoms with van der Waals surface area (Å²) in [5.74, 6) is -0.289. The van der Waals surface area contributed by atoms with Crippen molar-refractivity contribution >= 4 is 17.6 Å². The minimum absolute atomic E-state index is 0.182. The number of aromatic nitrogens is 3. The lowest BCUT2D eigenvalue weighted by molar-refractivity contribution is -0.775. The van der Waals surface area contributed by atoms with Crippen LogP contribution in [-0.4, -0.2) is 43.4 Å². The Labute approximate surface area is 227 Å². The SMILES string of the molecule is C[C@@H]1CCC[N+]1(C(=O)Nc1ccccc1-n1cccc1)C(=O)c1cc(-c2ccccc2)n(-c2ccccc2)n1. The van der Waals surface area contributed by atoms with Crippen molar-refractivity contribution in [1.29, 1.82) is 0 Å². The molecule has 3 heterocycles. The Morgan fingerprint density at radius 2 is 1.54 bits per heavy atom. The van der Waals surface area contributed by atoms with Crippen molar-refractivity contribution in [3.63, 3.8) is 0 Å². The average Bonchev–Trinajstić information content (AvgIpc) is 3.75. The Morgan fingerprint density at radius 1 is 0.872 bits per heavy atom. The molecule has 1 saturated heterocycles. The minimum Gasteiger partial charge on any atom is -0.322 e. The molecule has 1 aliphatic heterocycles. The third-order valence-electron chi connectivity index (χ3n) is 7.64. The molecule has 39 heavy (non-hydrogen) atoms. The van der Waals surface area contributed by atoms with E-state index in [1.54, 1.807) is 4.68 Å². The van der Waals surface area contributed by atoms with Crippen LogP contribution >= 0.6 is 0 Å². The molecule has 194 valence electrons. The van der Waals surface area contributed by atoms with Gasteiger partial charge in [0.2, 0.25) is 0 Å². The van der Waals surface area contributed by atoms with Crippen LogP contribution in [0, 0.1) is 0 Å². The molecule has 0 radical (unpaired) electrons. The summed E-state index contributed by atoms with van der Waals surface area (Å²) in [5.41, 5.74) is 4.37. The standard InChI is InChI=1S/C32H29N5O2/c1-24-13-12-22-37(24,32(39)33-27-18-8-9-19-29(27)35-20-10-11-21-35)31(38)28-23-30(25-14-4-2-5-15-25)36(34-28)26-16-6-3-7-17-26/h2-11,14-21,23-24H,12-13,22H2,1H3/p+1/t24-,37?/m1/s1. The van der Waals surface area contributed by atoms with Gasteiger partial charge in [0.15, 0.2) is 5.69 Å². The second-order valence-corrected chi connectivity index (χ2v) is 9.95. The van der Waals surface area contributed by atoms with Crippen LogP contribution in [-0.2, 0) is 0 Å². The summed E-state index contributed by atoms with van der Waals surface area (Å²) < 4.78 is 3.42. The number of carbonyl (C=O) groups excluding carboxylic acids is 2. The number of quaternary nitrogens is 1. The highest BCUT2D eigenvalue weighted by Gasteiger charge is 2.54. The fourth-order valence-corrected chi connectivity index (χ4v) is 5.56. The molecule has 0 saturated carbocycles. The Morgan fingerprint density at radius 3 is 2.23 bits per heavy atom. The first-order valence-corrected chi connectivity index (χ1v) is 13.3. The molecule has 5 aromatic rings. The Kier molecular flexibility index (Phi) is 6.42. The lowest BCUT2D eigenvalue weighted by atomic mass is 10.1. The van der Waals surface area contributed by atoms with Crippen molar-refractivity contribution in [3.8, 4) is 22.6 Å². The number of nitrogens with one attached hydrogen (secondary N) is 1. The van der Waals surface area contributed by atoms with Gasteiger partial charge in [0.05, 0.1) is 29.3 Å². The van der Waals surface area contributed by atoms with Crippen molar-refractivity contribution < 1.29 is 14.1 Å². The Balaban J connectivity index is 1.41. The fourth-order valence-electron chi connectivity index (χ4n) is 5.56. The van der Waals surface area contributed by atoms with Gasteiger partial charge in [-0.25, -0.2) is 14.3 Å². The number of rotatable bonds is 5. The van der Waals surface area contributed by atoms with Crippen LogP contribution in [0.15, 0.2) is 116 Å². The zero-order chi connectivity index (χ0) is 26.8. The predicted molar refractivity (Wildman–Crippen MR) is 152 cm³/mol. The maximum Gasteiger partial charge on any atom is 0.429 e. The molecule has 3 amide bonds. The lowest BCUT2D eigenvalue weighted by Crippen LogP contribution is -2.60. The van der Waals surface area contributed by atoms with E-state index >= 15 is 0 Å². The summed E-state index contributed by atoms with van der Waals surface area (Å²) in [6, 6.07) is 32.4. The van der Waals surface area contributed by atoms with Crippen molar-refractivity contribution in [2.45, 2.75) is 25.8 Å². The van der Waals surface area contributed by atoms with Crippen LogP contribution in [0.5, 0.6) is 0 Å². The normalized spacial score (nSPS) is 18.6. The van der Waals surface area contributed by atoms with Crippen LogP contribution < -0.4 is 5.32 Å². The molecule has 3 aromatic carbocycles. The summed E-state index contributed by atoms with van der Waals surface area (Å²) in [5, 5.41) is 7.90. The number of amides is 3. The second kappa shape index (κ2) is 10.2. The number of urea groups is 1. The number of para-hydroxylation sites is 3. The van der Waals surface area contributed by atoms with Gasteiger partial charge in [-0.1, -0.05) is 60.7 Å². The monoisotopic (exact) mass is 516 g/mol. The number of nitrogens with zero attached hydrogens (tertiary/aromatic N) is 4. The molecular formula is C32H30N5O2+. The third kappa shape index (κ3) is 4.36. The van der Waals surface area contributed by atoms with Gasteiger partial charge in [-0.3, -0.25) is 5.32 Å². The summed E-state index contributed by atoms with van der Waals surface area (Å²) >= 11 is 0. The van der Waals surface area contributed by atoms with Gasteiger partial charge in [0, 0.05) is 36.9 Å². The van der Waals surface area contributed by atoms with E-state index in [2.05, 4.69) is 5.32 Å². The molecular weight excluding hydrogens is 486 g/mol. The smallest absolute Gasteiger partial charge is 0.322 e. The molecule has 1 N–H and O–H groups in total. The molecule has 1 aliphatic rings. The highest BCUT2D eigenvalue weighted by Crippen LogP contribution is 2.34. The van der Waals surface area contributed by atoms with Crippen LogP contribution in [0.4, 0.5) is 10.5 Å². The van der Waals surface area contributed by atoms with Gasteiger partial charge >= 0.3 is 11.9 Å². The number of hydrogen-bond donors (Lipinski definition) is 1. The van der Waals surface area contributed by atoms with E-state index in [0.29, 0.717) is 12.2 Å². The highest BCUT2D eigenvalue weighted by molar-refractivity contribution is 6.00. The molecule has 6 rings (SSSR count). The summed E-state index contributed by atoms with van der Waals surface area (Å²) in [6.45, 7) is 2.41. The van der Waals surface area contributed by atoms with Crippen molar-refractivity contribution in [1.82, 2.24) is 14.3 Å². The first kappa shape index (κ1) is 24.6. The van der Waals surface area contributed by atoms with E-state index < -0.39 is 0 Å². The average molecular weight is 517 g/mol. The van der Waals surface area contributed by atoms with Crippen LogP contribution in [0.3, 0.4) is 0 Å². The maximum atomic E-state index is 14.4. The van der Waals surface area contributed by atoms with Crippen LogP contribution in [0.1, 0.15) is 30.3 Å². The quantitative estimate of drug-likeness (QED) is 0.264. The maximum absolute atomic E-state index is 14.4. The number of carbonyl (C=O) groups is 2. The predicted octanol–water partition coefficient (Wildman–Crippen LogP) is 6.70. The van der Waals surface area contributed by atoms with E-state index in [1.165, 1.54) is 0 Å². The zero-order valence-electron chi connectivity index (χ0n) is 21.8. The van der Waals surface area contributed by atoms with E-state index in [0.717, 1.165) is 35.5 Å². The third-order valence-corrected chi connectivity index (χ3v) is 7.64. The first-order valence-electron chi connectivity index (χ1n) is 13.3. The molecule has 1 fully saturated rings. The fraction of sp³-hybridized carbons (Fsp3) is 0.156. The number of benzene rings is 3. The topological polar surface area (TPSA) is 68.9 Å². The Hall–Kier alpha value is -4.75. The van der Waals surface area contributed by atoms with Gasteiger partial charge < -0.3 is 4.57 Å². The number of anilines is 1. The lowest BCUT2D eigenvalue weighted by Gasteiger charge is -2.32. The minimum atomic E-state index is -0.333. The number of imide groups is 1. The highest BCUT2D eigenvalue weighted by atomic mass is 16.2. The summed E-state index contributed by atoms with van der Waals surface area (Å²) in [7, 11) is 0. The molecule has 0 aliphatic carbocycles. The number of hydrogen-bond acceptors (Lipinski definition) is 3. The van der Waals surface area contributed by atoms with Gasteiger partial charge in [-0.05, 0) is 43.3 Å². The van der Waals surface area contributed by atoms with E-state index in [1.807, 2.05) is 127 Å². The number of likely N-dealkylation sites (tertiary alicyclic amines) is 1. The van der Waals surface area contributed by atoms with E-state index in [-0.39, 0.29) is 28.2 Å². The largest absolute Gasteiger partial charge is 0.429 e. The zero-order valence-corrected chi connectivity index (χ0v) is 21.8. The van der Waals surface area contributed by atoms with Crippen molar-refractivity contribution in [2.75, 3.05) is 11.9 Å². The summed E-state index contributed by atoms with van der Waals surface area (Å²) in [6.07, 6.45) is 5.43.